The second-order valence-corrected chi connectivity index (χ2v) is 12.0. The number of hydrogen-bond donors (Lipinski definition) is 0. The molecule has 0 unspecified atom stereocenters. The SMILES string of the molecule is [C-]#[N+]c1ccc(-c2ccc(-c3ccc(C#N)c(-n4c5ccccc5c5ccccc54)c3)cc2)c(-n2c3ccccc3c3ccccc32)c1. The molecule has 0 N–H and O–H groups in total. The van der Waals surface area contributed by atoms with Crippen molar-refractivity contribution < 1.29 is 0 Å². The van der Waals surface area contributed by atoms with E-state index in [1.165, 1.54) is 10.8 Å². The zero-order chi connectivity index (χ0) is 32.2. The third-order valence-corrected chi connectivity index (χ3v) is 9.40. The molecular weight excluding hydrogens is 585 g/mol. The summed E-state index contributed by atoms with van der Waals surface area (Å²) in [4.78, 5) is 3.78. The number of hydrogen-bond acceptors (Lipinski definition) is 1. The van der Waals surface area contributed by atoms with Gasteiger partial charge < -0.3 is 9.13 Å². The van der Waals surface area contributed by atoms with Crippen molar-refractivity contribution in [1.29, 1.82) is 5.26 Å². The van der Waals surface area contributed by atoms with Crippen molar-refractivity contribution in [1.82, 2.24) is 9.13 Å². The summed E-state index contributed by atoms with van der Waals surface area (Å²) in [5, 5.41) is 14.9. The van der Waals surface area contributed by atoms with Gasteiger partial charge in [-0.05, 0) is 59.2 Å². The zero-order valence-corrected chi connectivity index (χ0v) is 25.8. The fraction of sp³-hybridized carbons (Fsp3) is 0. The van der Waals surface area contributed by atoms with Crippen LogP contribution in [0.2, 0.25) is 0 Å². The van der Waals surface area contributed by atoms with Gasteiger partial charge in [0.05, 0.1) is 39.9 Å². The molecule has 0 bridgehead atoms. The monoisotopic (exact) mass is 610 g/mol. The average molecular weight is 611 g/mol. The third kappa shape index (κ3) is 4.14. The highest BCUT2D eigenvalue weighted by Crippen LogP contribution is 2.39. The molecular formula is C44H26N4. The van der Waals surface area contributed by atoms with E-state index in [-0.39, 0.29) is 0 Å². The van der Waals surface area contributed by atoms with Crippen molar-refractivity contribution in [3.8, 4) is 39.7 Å². The number of para-hydroxylation sites is 4. The van der Waals surface area contributed by atoms with Crippen LogP contribution < -0.4 is 0 Å². The molecule has 9 aromatic rings. The summed E-state index contributed by atoms with van der Waals surface area (Å²) < 4.78 is 4.49. The Morgan fingerprint density at radius 3 is 1.42 bits per heavy atom. The van der Waals surface area contributed by atoms with Crippen LogP contribution in [-0.4, -0.2) is 9.13 Å². The molecule has 0 amide bonds. The number of rotatable bonds is 4. The van der Waals surface area contributed by atoms with Gasteiger partial charge in [-0.25, -0.2) is 4.85 Å². The van der Waals surface area contributed by atoms with Crippen molar-refractivity contribution >= 4 is 49.3 Å². The zero-order valence-electron chi connectivity index (χ0n) is 25.8. The van der Waals surface area contributed by atoms with Crippen LogP contribution in [0.25, 0.3) is 82.1 Å². The minimum absolute atomic E-state index is 0.599. The Hall–Kier alpha value is -6.88. The first kappa shape index (κ1) is 27.4. The molecule has 2 aromatic heterocycles. The molecule has 4 heteroatoms. The van der Waals surface area contributed by atoms with Gasteiger partial charge in [-0.3, -0.25) is 0 Å². The van der Waals surface area contributed by atoms with E-state index in [0.717, 1.165) is 66.5 Å². The van der Waals surface area contributed by atoms with Gasteiger partial charge in [0.1, 0.15) is 6.07 Å². The van der Waals surface area contributed by atoms with Crippen molar-refractivity contribution in [2.75, 3.05) is 0 Å². The molecule has 9 rings (SSSR count). The Morgan fingerprint density at radius 1 is 0.458 bits per heavy atom. The van der Waals surface area contributed by atoms with Gasteiger partial charge in [0, 0.05) is 32.8 Å². The predicted molar refractivity (Wildman–Crippen MR) is 197 cm³/mol. The Kier molecular flexibility index (Phi) is 6.22. The lowest BCUT2D eigenvalue weighted by molar-refractivity contribution is 1.17. The molecule has 0 aliphatic carbocycles. The maximum atomic E-state index is 10.2. The van der Waals surface area contributed by atoms with Gasteiger partial charge in [0.15, 0.2) is 5.69 Å². The molecule has 0 saturated heterocycles. The third-order valence-electron chi connectivity index (χ3n) is 9.40. The van der Waals surface area contributed by atoms with E-state index in [1.807, 2.05) is 36.4 Å². The van der Waals surface area contributed by atoms with Crippen molar-refractivity contribution in [2.24, 2.45) is 0 Å². The van der Waals surface area contributed by atoms with E-state index in [4.69, 9.17) is 6.57 Å². The number of nitrogens with zero attached hydrogens (tertiary/aromatic N) is 4. The number of nitriles is 1. The molecule has 4 nitrogen and oxygen atoms in total. The molecule has 222 valence electrons. The van der Waals surface area contributed by atoms with E-state index in [0.29, 0.717) is 11.3 Å². The minimum atomic E-state index is 0.599. The first-order valence-corrected chi connectivity index (χ1v) is 15.9. The second kappa shape index (κ2) is 10.9. The maximum absolute atomic E-state index is 10.2. The molecule has 2 heterocycles. The van der Waals surface area contributed by atoms with Gasteiger partial charge in [0.2, 0.25) is 0 Å². The standard InChI is InChI=1S/C44H26N4/c1-46-33-24-25-34(44(27-33)48-41-16-8-4-12-37(41)38-13-5-9-17-42(38)48)30-20-18-29(19-21-30)31-22-23-32(28-45)43(26-31)47-39-14-6-2-10-35(39)36-11-3-7-15-40(36)47/h2-27H. The van der Waals surface area contributed by atoms with E-state index < -0.39 is 0 Å². The Labute approximate surface area is 277 Å². The lowest BCUT2D eigenvalue weighted by Crippen LogP contribution is -1.98. The topological polar surface area (TPSA) is 38.0 Å². The molecule has 0 atom stereocenters. The number of benzene rings is 7. The highest BCUT2D eigenvalue weighted by molar-refractivity contribution is 6.10. The highest BCUT2D eigenvalue weighted by Gasteiger charge is 2.18. The van der Waals surface area contributed by atoms with Crippen molar-refractivity contribution in [3.05, 3.63) is 175 Å². The largest absolute Gasteiger partial charge is 0.310 e. The van der Waals surface area contributed by atoms with E-state index >= 15 is 0 Å². The summed E-state index contributed by atoms with van der Waals surface area (Å²) >= 11 is 0. The maximum Gasteiger partial charge on any atom is 0.189 e. The van der Waals surface area contributed by atoms with E-state index in [9.17, 15) is 5.26 Å². The van der Waals surface area contributed by atoms with Gasteiger partial charge in [0.25, 0.3) is 0 Å². The van der Waals surface area contributed by atoms with E-state index in [1.54, 1.807) is 0 Å². The fourth-order valence-corrected chi connectivity index (χ4v) is 7.22. The van der Waals surface area contributed by atoms with Crippen LogP contribution in [0.3, 0.4) is 0 Å². The lowest BCUT2D eigenvalue weighted by Gasteiger charge is -2.16. The van der Waals surface area contributed by atoms with Crippen LogP contribution in [0.4, 0.5) is 5.69 Å². The number of aromatic nitrogens is 2. The molecule has 0 aliphatic rings. The van der Waals surface area contributed by atoms with Gasteiger partial charge in [-0.1, -0.05) is 115 Å². The summed E-state index contributed by atoms with van der Waals surface area (Å²) in [7, 11) is 0. The molecule has 0 spiro atoms. The normalized spacial score (nSPS) is 11.3. The van der Waals surface area contributed by atoms with Crippen LogP contribution in [0, 0.1) is 17.9 Å². The number of fused-ring (bicyclic) bond motifs is 6. The second-order valence-electron chi connectivity index (χ2n) is 12.0. The van der Waals surface area contributed by atoms with Crippen molar-refractivity contribution in [2.45, 2.75) is 0 Å². The summed E-state index contributed by atoms with van der Waals surface area (Å²) in [6.07, 6.45) is 0. The summed E-state index contributed by atoms with van der Waals surface area (Å²) in [6, 6.07) is 56.7. The van der Waals surface area contributed by atoms with Crippen LogP contribution >= 0.6 is 0 Å². The highest BCUT2D eigenvalue weighted by atomic mass is 15.0. The minimum Gasteiger partial charge on any atom is -0.310 e. The average Bonchev–Trinajstić information content (AvgIpc) is 3.67. The van der Waals surface area contributed by atoms with Gasteiger partial charge in [-0.15, -0.1) is 0 Å². The molecule has 0 aliphatic heterocycles. The van der Waals surface area contributed by atoms with Crippen LogP contribution in [-0.2, 0) is 0 Å². The first-order valence-electron chi connectivity index (χ1n) is 15.9. The summed E-state index contributed by atoms with van der Waals surface area (Å²) in [6.45, 7) is 7.77. The van der Waals surface area contributed by atoms with E-state index in [2.05, 4.69) is 141 Å². The van der Waals surface area contributed by atoms with Crippen LogP contribution in [0.15, 0.2) is 158 Å². The Bertz CT molecular complexity index is 2690. The van der Waals surface area contributed by atoms with Crippen LogP contribution in [0.1, 0.15) is 5.56 Å². The fourth-order valence-electron chi connectivity index (χ4n) is 7.22. The molecule has 48 heavy (non-hydrogen) atoms. The Balaban J connectivity index is 1.19. The summed E-state index contributed by atoms with van der Waals surface area (Å²) in [5.74, 6) is 0. The molecule has 0 fully saturated rings. The quantitative estimate of drug-likeness (QED) is 0.183. The van der Waals surface area contributed by atoms with Gasteiger partial charge in [-0.2, -0.15) is 5.26 Å². The van der Waals surface area contributed by atoms with Crippen molar-refractivity contribution in [3.63, 3.8) is 0 Å². The molecule has 0 radical (unpaired) electrons. The lowest BCUT2D eigenvalue weighted by atomic mass is 9.97. The molecule has 7 aromatic carbocycles. The van der Waals surface area contributed by atoms with Crippen LogP contribution in [0.5, 0.6) is 0 Å². The predicted octanol–water partition coefficient (Wildman–Crippen LogP) is 11.6. The summed E-state index contributed by atoms with van der Waals surface area (Å²) in [5.41, 5.74) is 11.6. The molecule has 0 saturated carbocycles. The smallest absolute Gasteiger partial charge is 0.189 e. The van der Waals surface area contributed by atoms with Gasteiger partial charge >= 0.3 is 0 Å². The Morgan fingerprint density at radius 2 is 0.917 bits per heavy atom. The first-order chi connectivity index (χ1) is 23.7.